The topological polar surface area (TPSA) is 127 Å². The number of benzene rings is 1. The van der Waals surface area contributed by atoms with Gasteiger partial charge in [0.25, 0.3) is 5.91 Å². The maximum Gasteiger partial charge on any atom is 0.255 e. The average Bonchev–Trinajstić information content (AvgIpc) is 3.67. The van der Waals surface area contributed by atoms with E-state index in [1.807, 2.05) is 18.2 Å². The van der Waals surface area contributed by atoms with Crippen molar-refractivity contribution in [2.24, 2.45) is 0 Å². The number of aromatic nitrogens is 5. The van der Waals surface area contributed by atoms with Crippen molar-refractivity contribution in [3.8, 4) is 0 Å². The van der Waals surface area contributed by atoms with Gasteiger partial charge in [-0.05, 0) is 44.2 Å². The van der Waals surface area contributed by atoms with Gasteiger partial charge in [-0.2, -0.15) is 20.1 Å². The summed E-state index contributed by atoms with van der Waals surface area (Å²) in [7, 11) is 2.11. The van der Waals surface area contributed by atoms with Crippen molar-refractivity contribution in [3.63, 3.8) is 0 Å². The monoisotopic (exact) mass is 512 g/mol. The fourth-order valence-electron chi connectivity index (χ4n) is 4.08. The molecule has 196 valence electrons. The van der Waals surface area contributed by atoms with E-state index in [9.17, 15) is 4.79 Å². The highest BCUT2D eigenvalue weighted by Gasteiger charge is 2.26. The molecular weight excluding hydrogens is 480 g/mol. The number of carbonyl (C=O) groups excluding carboxylic acids is 1. The number of amides is 1. The summed E-state index contributed by atoms with van der Waals surface area (Å²) in [6.07, 6.45) is 7.04. The molecule has 38 heavy (non-hydrogen) atoms. The van der Waals surface area contributed by atoms with Crippen LogP contribution in [0.1, 0.15) is 24.5 Å². The van der Waals surface area contributed by atoms with E-state index < -0.39 is 0 Å². The Balaban J connectivity index is 1.33. The molecule has 2 aliphatic rings. The number of hydrogen-bond acceptors (Lipinski definition) is 9. The highest BCUT2D eigenvalue weighted by atomic mass is 16.1. The molecule has 1 saturated heterocycles. The zero-order valence-corrected chi connectivity index (χ0v) is 21.4. The predicted octanol–water partition coefficient (Wildman–Crippen LogP) is 3.95. The van der Waals surface area contributed by atoms with Crippen LogP contribution in [0.2, 0.25) is 0 Å². The van der Waals surface area contributed by atoms with Gasteiger partial charge in [0.1, 0.15) is 0 Å². The van der Waals surface area contributed by atoms with Crippen LogP contribution in [-0.2, 0) is 4.79 Å². The van der Waals surface area contributed by atoms with Crippen LogP contribution in [0.4, 0.5) is 35.0 Å². The van der Waals surface area contributed by atoms with Gasteiger partial charge in [0.15, 0.2) is 5.82 Å². The van der Waals surface area contributed by atoms with Gasteiger partial charge in [-0.25, -0.2) is 0 Å². The SMILES string of the molecule is C=C/C=C(\C=C)C(=O)Nc1ccc(Nc2nc(Nc3cc(C4CC4)[nH]n3)nc(N3CCN(C)CC3)n2)cc1. The zero-order valence-electron chi connectivity index (χ0n) is 21.4. The van der Waals surface area contributed by atoms with E-state index >= 15 is 0 Å². The summed E-state index contributed by atoms with van der Waals surface area (Å²) in [6.45, 7) is 10.8. The Morgan fingerprint density at radius 2 is 1.68 bits per heavy atom. The molecule has 0 bridgehead atoms. The minimum atomic E-state index is -0.256. The second kappa shape index (κ2) is 11.3. The first kappa shape index (κ1) is 25.2. The normalized spacial score (nSPS) is 16.1. The van der Waals surface area contributed by atoms with Gasteiger partial charge < -0.3 is 25.8 Å². The van der Waals surface area contributed by atoms with Gasteiger partial charge in [0.2, 0.25) is 17.8 Å². The molecule has 11 heteroatoms. The Hall–Kier alpha value is -4.51. The third-order valence-electron chi connectivity index (χ3n) is 6.44. The molecule has 11 nitrogen and oxygen atoms in total. The molecule has 0 radical (unpaired) electrons. The van der Waals surface area contributed by atoms with E-state index in [0.29, 0.717) is 40.8 Å². The molecule has 4 N–H and O–H groups in total. The third-order valence-corrected chi connectivity index (χ3v) is 6.44. The van der Waals surface area contributed by atoms with Gasteiger partial charge >= 0.3 is 0 Å². The summed E-state index contributed by atoms with van der Waals surface area (Å²) in [6, 6.07) is 9.32. The number of nitrogens with zero attached hydrogens (tertiary/aromatic N) is 6. The molecule has 1 amide bonds. The van der Waals surface area contributed by atoms with Crippen LogP contribution in [0, 0.1) is 0 Å². The van der Waals surface area contributed by atoms with E-state index in [-0.39, 0.29) is 5.91 Å². The van der Waals surface area contributed by atoms with Gasteiger partial charge in [0.05, 0.1) is 0 Å². The molecule has 1 aliphatic carbocycles. The number of allylic oxidation sites excluding steroid dienone is 2. The molecule has 3 heterocycles. The largest absolute Gasteiger partial charge is 0.338 e. The first-order chi connectivity index (χ1) is 18.5. The Bertz CT molecular complexity index is 1330. The molecule has 0 unspecified atom stereocenters. The Labute approximate surface area is 221 Å². The first-order valence-electron chi connectivity index (χ1n) is 12.7. The Morgan fingerprint density at radius 3 is 2.34 bits per heavy atom. The molecule has 5 rings (SSSR count). The summed E-state index contributed by atoms with van der Waals surface area (Å²) in [5.74, 6) is 2.43. The summed E-state index contributed by atoms with van der Waals surface area (Å²) in [4.78, 5) is 30.8. The molecule has 2 fully saturated rings. The summed E-state index contributed by atoms with van der Waals surface area (Å²) >= 11 is 0. The standard InChI is InChI=1S/C27H32N10O/c1-4-6-18(5-2)24(38)28-20-9-11-21(12-10-20)29-25-31-26(30-23-17-22(34-35-23)19-7-8-19)33-27(32-25)37-15-13-36(3)14-16-37/h4-6,9-12,17,19H,1-2,7-8,13-16H2,3H3,(H,28,38)(H3,29,30,31,32,33,34,35)/b18-6+. The van der Waals surface area contributed by atoms with Crippen LogP contribution in [0.5, 0.6) is 0 Å². The number of piperazine rings is 1. The number of rotatable bonds is 10. The summed E-state index contributed by atoms with van der Waals surface area (Å²) < 4.78 is 0. The zero-order chi connectivity index (χ0) is 26.5. The molecule has 2 aromatic heterocycles. The smallest absolute Gasteiger partial charge is 0.255 e. The van der Waals surface area contributed by atoms with Crippen LogP contribution in [-0.4, -0.2) is 69.2 Å². The van der Waals surface area contributed by atoms with Crippen molar-refractivity contribution < 1.29 is 4.79 Å². The lowest BCUT2D eigenvalue weighted by Gasteiger charge is -2.32. The van der Waals surface area contributed by atoms with Crippen LogP contribution in [0.15, 0.2) is 67.3 Å². The van der Waals surface area contributed by atoms with E-state index in [1.54, 1.807) is 24.3 Å². The highest BCUT2D eigenvalue weighted by Crippen LogP contribution is 2.39. The molecule has 1 aromatic carbocycles. The number of aromatic amines is 1. The van der Waals surface area contributed by atoms with E-state index in [1.165, 1.54) is 18.9 Å². The lowest BCUT2D eigenvalue weighted by atomic mass is 10.2. The second-order valence-electron chi connectivity index (χ2n) is 9.40. The average molecular weight is 513 g/mol. The lowest BCUT2D eigenvalue weighted by Crippen LogP contribution is -2.45. The van der Waals surface area contributed by atoms with Gasteiger partial charge in [-0.1, -0.05) is 31.4 Å². The van der Waals surface area contributed by atoms with Crippen molar-refractivity contribution in [3.05, 3.63) is 73.0 Å². The number of likely N-dealkylation sites (N-methyl/N-ethyl adjacent to an activating group) is 1. The van der Waals surface area contributed by atoms with Crippen LogP contribution < -0.4 is 20.9 Å². The van der Waals surface area contributed by atoms with Crippen LogP contribution in [0.3, 0.4) is 0 Å². The fraction of sp³-hybridized carbons (Fsp3) is 0.296. The Kier molecular flexibility index (Phi) is 7.45. The molecule has 1 aliphatic heterocycles. The Morgan fingerprint density at radius 1 is 1.00 bits per heavy atom. The van der Waals surface area contributed by atoms with Crippen molar-refractivity contribution in [1.82, 2.24) is 30.0 Å². The number of H-pyrrole nitrogens is 1. The summed E-state index contributed by atoms with van der Waals surface area (Å²) in [5.41, 5.74) is 2.99. The predicted molar refractivity (Wildman–Crippen MR) is 150 cm³/mol. The third kappa shape index (κ3) is 6.24. The number of hydrogen-bond donors (Lipinski definition) is 4. The number of anilines is 6. The maximum absolute atomic E-state index is 12.4. The van der Waals surface area contributed by atoms with Crippen molar-refractivity contribution >= 4 is 40.9 Å². The van der Waals surface area contributed by atoms with E-state index in [0.717, 1.165) is 37.6 Å². The minimum Gasteiger partial charge on any atom is -0.338 e. The number of carbonyl (C=O) groups is 1. The quantitative estimate of drug-likeness (QED) is 0.236. The lowest BCUT2D eigenvalue weighted by molar-refractivity contribution is -0.112. The van der Waals surface area contributed by atoms with Crippen molar-refractivity contribution in [2.45, 2.75) is 18.8 Å². The molecule has 3 aromatic rings. The highest BCUT2D eigenvalue weighted by molar-refractivity contribution is 6.05. The number of nitrogens with one attached hydrogen (secondary N) is 4. The van der Waals surface area contributed by atoms with Crippen LogP contribution in [0.25, 0.3) is 0 Å². The molecule has 0 spiro atoms. The van der Waals surface area contributed by atoms with Gasteiger partial charge in [-0.3, -0.25) is 9.89 Å². The van der Waals surface area contributed by atoms with E-state index in [4.69, 9.17) is 4.98 Å². The molecular formula is C27H32N10O. The van der Waals surface area contributed by atoms with Crippen molar-refractivity contribution in [2.75, 3.05) is 54.1 Å². The van der Waals surface area contributed by atoms with E-state index in [2.05, 4.69) is 66.1 Å². The first-order valence-corrected chi connectivity index (χ1v) is 12.7. The molecule has 0 atom stereocenters. The second-order valence-corrected chi connectivity index (χ2v) is 9.40. The van der Waals surface area contributed by atoms with Crippen LogP contribution >= 0.6 is 0 Å². The molecule has 1 saturated carbocycles. The fourth-order valence-corrected chi connectivity index (χ4v) is 4.08. The maximum atomic E-state index is 12.4. The van der Waals surface area contributed by atoms with Gasteiger partial charge in [0, 0.05) is 60.8 Å². The van der Waals surface area contributed by atoms with Crippen molar-refractivity contribution in [1.29, 1.82) is 0 Å². The van der Waals surface area contributed by atoms with Gasteiger partial charge in [-0.15, -0.1) is 0 Å². The summed E-state index contributed by atoms with van der Waals surface area (Å²) in [5, 5.41) is 16.8. The minimum absolute atomic E-state index is 0.256.